The standard InChI is InChI=1S/C17H16N2O5/c1-12(13-7-3-2-4-8-13)18-16(20)11-24-17(21)14-9-5-6-10-15(14)19(22)23/h2-10,12H,11H2,1H3,(H,18,20). The van der Waals surface area contributed by atoms with Gasteiger partial charge in [-0.15, -0.1) is 0 Å². The van der Waals surface area contributed by atoms with Crippen molar-refractivity contribution in [2.45, 2.75) is 13.0 Å². The van der Waals surface area contributed by atoms with E-state index in [9.17, 15) is 19.7 Å². The van der Waals surface area contributed by atoms with Crippen molar-refractivity contribution >= 4 is 17.6 Å². The molecule has 7 nitrogen and oxygen atoms in total. The van der Waals surface area contributed by atoms with Crippen LogP contribution in [0.2, 0.25) is 0 Å². The van der Waals surface area contributed by atoms with E-state index in [2.05, 4.69) is 5.32 Å². The van der Waals surface area contributed by atoms with Gasteiger partial charge >= 0.3 is 5.97 Å². The third-order valence-electron chi connectivity index (χ3n) is 3.33. The fourth-order valence-electron chi connectivity index (χ4n) is 2.12. The predicted octanol–water partition coefficient (Wildman–Crippen LogP) is 2.63. The third kappa shape index (κ3) is 4.39. The molecule has 1 N–H and O–H groups in total. The van der Waals surface area contributed by atoms with Crippen LogP contribution >= 0.6 is 0 Å². The number of nitro groups is 1. The van der Waals surface area contributed by atoms with Crippen molar-refractivity contribution < 1.29 is 19.2 Å². The number of para-hydroxylation sites is 1. The summed E-state index contributed by atoms with van der Waals surface area (Å²) < 4.78 is 4.86. The van der Waals surface area contributed by atoms with Gasteiger partial charge in [0.2, 0.25) is 0 Å². The molecule has 0 bridgehead atoms. The number of rotatable bonds is 6. The van der Waals surface area contributed by atoms with Crippen LogP contribution in [0.3, 0.4) is 0 Å². The normalized spacial score (nSPS) is 11.4. The van der Waals surface area contributed by atoms with Crippen LogP contribution in [-0.2, 0) is 9.53 Å². The topological polar surface area (TPSA) is 98.5 Å². The monoisotopic (exact) mass is 328 g/mol. The fraction of sp³-hybridized carbons (Fsp3) is 0.176. The molecule has 0 aliphatic carbocycles. The number of benzene rings is 2. The van der Waals surface area contributed by atoms with Crippen molar-refractivity contribution in [3.05, 3.63) is 75.8 Å². The second-order valence-electron chi connectivity index (χ2n) is 5.05. The molecule has 0 aliphatic heterocycles. The molecular weight excluding hydrogens is 312 g/mol. The highest BCUT2D eigenvalue weighted by Crippen LogP contribution is 2.18. The molecule has 7 heteroatoms. The Morgan fingerprint density at radius 3 is 2.42 bits per heavy atom. The molecule has 0 aliphatic rings. The molecule has 0 saturated carbocycles. The molecule has 1 unspecified atom stereocenters. The third-order valence-corrected chi connectivity index (χ3v) is 3.33. The highest BCUT2D eigenvalue weighted by molar-refractivity contribution is 5.95. The molecule has 0 spiro atoms. The van der Waals surface area contributed by atoms with Crippen LogP contribution in [-0.4, -0.2) is 23.4 Å². The summed E-state index contributed by atoms with van der Waals surface area (Å²) in [4.78, 5) is 34.0. The molecular formula is C17H16N2O5. The minimum absolute atomic E-state index is 0.189. The van der Waals surface area contributed by atoms with Crippen molar-refractivity contribution in [2.24, 2.45) is 0 Å². The Balaban J connectivity index is 1.92. The average Bonchev–Trinajstić information content (AvgIpc) is 2.60. The van der Waals surface area contributed by atoms with Gasteiger partial charge in [0.15, 0.2) is 6.61 Å². The first-order valence-electron chi connectivity index (χ1n) is 7.24. The zero-order valence-electron chi connectivity index (χ0n) is 13.0. The Labute approximate surface area is 138 Å². The quantitative estimate of drug-likeness (QED) is 0.499. The number of hydrogen-bond donors (Lipinski definition) is 1. The number of carbonyl (C=O) groups excluding carboxylic acids is 2. The molecule has 0 heterocycles. The first-order valence-corrected chi connectivity index (χ1v) is 7.24. The van der Waals surface area contributed by atoms with Gasteiger partial charge in [0, 0.05) is 6.07 Å². The van der Waals surface area contributed by atoms with E-state index >= 15 is 0 Å². The first-order chi connectivity index (χ1) is 11.5. The van der Waals surface area contributed by atoms with E-state index in [-0.39, 0.29) is 17.3 Å². The van der Waals surface area contributed by atoms with E-state index in [4.69, 9.17) is 4.74 Å². The first kappa shape index (κ1) is 17.1. The van der Waals surface area contributed by atoms with Gasteiger partial charge in [-0.05, 0) is 18.6 Å². The molecule has 2 aromatic rings. The molecule has 0 saturated heterocycles. The molecule has 0 radical (unpaired) electrons. The summed E-state index contributed by atoms with van der Waals surface area (Å²) in [6.07, 6.45) is 0. The Morgan fingerprint density at radius 1 is 1.12 bits per heavy atom. The van der Waals surface area contributed by atoms with Crippen molar-refractivity contribution in [3.63, 3.8) is 0 Å². The largest absolute Gasteiger partial charge is 0.452 e. The van der Waals surface area contributed by atoms with Crippen LogP contribution in [0, 0.1) is 10.1 Å². The van der Waals surface area contributed by atoms with Gasteiger partial charge in [0.05, 0.1) is 11.0 Å². The van der Waals surface area contributed by atoms with Gasteiger partial charge in [0.1, 0.15) is 5.56 Å². The zero-order chi connectivity index (χ0) is 17.5. The van der Waals surface area contributed by atoms with Gasteiger partial charge in [-0.25, -0.2) is 4.79 Å². The fourth-order valence-corrected chi connectivity index (χ4v) is 2.12. The summed E-state index contributed by atoms with van der Waals surface area (Å²) in [6.45, 7) is 1.29. The lowest BCUT2D eigenvalue weighted by molar-refractivity contribution is -0.385. The number of nitrogens with one attached hydrogen (secondary N) is 1. The summed E-state index contributed by atoms with van der Waals surface area (Å²) >= 11 is 0. The van der Waals surface area contributed by atoms with E-state index in [0.717, 1.165) is 5.56 Å². The minimum atomic E-state index is -0.912. The maximum atomic E-state index is 11.9. The molecule has 0 fully saturated rings. The van der Waals surface area contributed by atoms with Crippen molar-refractivity contribution in [1.29, 1.82) is 0 Å². The molecule has 1 amide bonds. The van der Waals surface area contributed by atoms with Crippen LogP contribution in [0.15, 0.2) is 54.6 Å². The molecule has 24 heavy (non-hydrogen) atoms. The van der Waals surface area contributed by atoms with Crippen LogP contribution < -0.4 is 5.32 Å². The number of hydrogen-bond acceptors (Lipinski definition) is 5. The van der Waals surface area contributed by atoms with Crippen LogP contribution in [0.1, 0.15) is 28.9 Å². The Bertz CT molecular complexity index is 746. The lowest BCUT2D eigenvalue weighted by Gasteiger charge is -2.14. The summed E-state index contributed by atoms with van der Waals surface area (Å²) in [7, 11) is 0. The summed E-state index contributed by atoms with van der Waals surface area (Å²) in [5.74, 6) is -1.40. The molecule has 2 aromatic carbocycles. The summed E-state index contributed by atoms with van der Waals surface area (Å²) in [5, 5.41) is 13.6. The Hall–Kier alpha value is -3.22. The molecule has 0 aromatic heterocycles. The second kappa shape index (κ2) is 7.87. The van der Waals surface area contributed by atoms with Gasteiger partial charge in [0.25, 0.3) is 11.6 Å². The maximum absolute atomic E-state index is 11.9. The van der Waals surface area contributed by atoms with E-state index in [0.29, 0.717) is 0 Å². The number of esters is 1. The van der Waals surface area contributed by atoms with Crippen LogP contribution in [0.4, 0.5) is 5.69 Å². The lowest BCUT2D eigenvalue weighted by Crippen LogP contribution is -2.31. The Kier molecular flexibility index (Phi) is 5.62. The van der Waals surface area contributed by atoms with Gasteiger partial charge in [-0.2, -0.15) is 0 Å². The molecule has 2 rings (SSSR count). The molecule has 124 valence electrons. The van der Waals surface area contributed by atoms with E-state index in [1.807, 2.05) is 30.3 Å². The van der Waals surface area contributed by atoms with E-state index in [1.54, 1.807) is 6.92 Å². The maximum Gasteiger partial charge on any atom is 0.345 e. The van der Waals surface area contributed by atoms with Crippen molar-refractivity contribution in [1.82, 2.24) is 5.32 Å². The summed E-state index contributed by atoms with van der Waals surface area (Å²) in [5.41, 5.74) is 0.364. The van der Waals surface area contributed by atoms with E-state index in [1.165, 1.54) is 24.3 Å². The van der Waals surface area contributed by atoms with Crippen LogP contribution in [0.25, 0.3) is 0 Å². The number of nitrogens with zero attached hydrogens (tertiary/aromatic N) is 1. The average molecular weight is 328 g/mol. The highest BCUT2D eigenvalue weighted by atomic mass is 16.6. The predicted molar refractivity (Wildman–Crippen MR) is 86.4 cm³/mol. The number of amides is 1. The van der Waals surface area contributed by atoms with E-state index < -0.39 is 23.4 Å². The zero-order valence-corrected chi connectivity index (χ0v) is 13.0. The van der Waals surface area contributed by atoms with Gasteiger partial charge in [-0.3, -0.25) is 14.9 Å². The number of carbonyl (C=O) groups is 2. The Morgan fingerprint density at radius 2 is 1.75 bits per heavy atom. The van der Waals surface area contributed by atoms with Crippen molar-refractivity contribution in [3.8, 4) is 0 Å². The van der Waals surface area contributed by atoms with Crippen LogP contribution in [0.5, 0.6) is 0 Å². The summed E-state index contributed by atoms with van der Waals surface area (Å²) in [6, 6.07) is 14.5. The smallest absolute Gasteiger partial charge is 0.345 e. The number of ether oxygens (including phenoxy) is 1. The minimum Gasteiger partial charge on any atom is -0.452 e. The SMILES string of the molecule is CC(NC(=O)COC(=O)c1ccccc1[N+](=O)[O-])c1ccccc1. The number of nitro benzene ring substituents is 1. The lowest BCUT2D eigenvalue weighted by atomic mass is 10.1. The highest BCUT2D eigenvalue weighted by Gasteiger charge is 2.21. The van der Waals surface area contributed by atoms with Crippen molar-refractivity contribution in [2.75, 3.05) is 6.61 Å². The second-order valence-corrected chi connectivity index (χ2v) is 5.05. The molecule has 1 atom stereocenters. The van der Waals surface area contributed by atoms with Gasteiger partial charge < -0.3 is 10.1 Å². The van der Waals surface area contributed by atoms with Gasteiger partial charge in [-0.1, -0.05) is 42.5 Å².